The summed E-state index contributed by atoms with van der Waals surface area (Å²) in [5.41, 5.74) is -3.32. The molecule has 154 valence electrons. The number of nitrogens with one attached hydrogen (secondary N) is 1. The minimum Gasteiger partial charge on any atom is -0.298 e. The average Bonchev–Trinajstić information content (AvgIpc) is 3.29. The van der Waals surface area contributed by atoms with E-state index < -0.39 is 36.3 Å². The highest BCUT2D eigenvalue weighted by Gasteiger charge is 2.60. The molecule has 0 fully saturated rings. The maximum Gasteiger partial charge on any atom is 0.401 e. The first-order chi connectivity index (χ1) is 13.5. The predicted octanol–water partition coefficient (Wildman–Crippen LogP) is 4.65. The van der Waals surface area contributed by atoms with E-state index in [2.05, 4.69) is 19.8 Å². The van der Waals surface area contributed by atoms with Gasteiger partial charge in [0, 0.05) is 18.7 Å². The largest absolute Gasteiger partial charge is 0.401 e. The molecule has 0 spiro atoms. The van der Waals surface area contributed by atoms with Gasteiger partial charge in [0.25, 0.3) is 6.43 Å². The van der Waals surface area contributed by atoms with Crippen LogP contribution in [0.4, 0.5) is 37.4 Å². The summed E-state index contributed by atoms with van der Waals surface area (Å²) in [6, 6.07) is 1.31. The van der Waals surface area contributed by atoms with Crippen molar-refractivity contribution in [2.24, 2.45) is 0 Å². The molecule has 1 aliphatic rings. The number of rotatable bonds is 2. The normalized spacial score (nSPS) is 19.2. The first-order valence-corrected chi connectivity index (χ1v) is 9.11. The van der Waals surface area contributed by atoms with Crippen LogP contribution in [0.3, 0.4) is 0 Å². The van der Waals surface area contributed by atoms with Crippen molar-refractivity contribution in [3.05, 3.63) is 34.9 Å². The number of aromatic nitrogens is 4. The van der Waals surface area contributed by atoms with Crippen molar-refractivity contribution in [3.8, 4) is 0 Å². The summed E-state index contributed by atoms with van der Waals surface area (Å²) < 4.78 is 71.7. The molecule has 0 aliphatic carbocycles. The maximum atomic E-state index is 14.0. The van der Waals surface area contributed by atoms with E-state index in [0.717, 1.165) is 28.6 Å². The van der Waals surface area contributed by atoms with Crippen molar-refractivity contribution in [1.82, 2.24) is 19.0 Å². The molecule has 0 unspecified atom stereocenters. The predicted molar refractivity (Wildman–Crippen MR) is 94.8 cm³/mol. The minimum atomic E-state index is -4.73. The number of nitrogens with zero attached hydrogens (tertiary/aromatic N) is 5. The number of anilines is 2. The Morgan fingerprint density at radius 3 is 2.72 bits per heavy atom. The lowest BCUT2D eigenvalue weighted by Crippen LogP contribution is -2.46. The summed E-state index contributed by atoms with van der Waals surface area (Å²) in [7, 11) is 0. The van der Waals surface area contributed by atoms with Crippen LogP contribution >= 0.6 is 23.1 Å². The molecule has 3 aromatic heterocycles. The Morgan fingerprint density at radius 2 is 2.10 bits per heavy atom. The number of hydrogen-bond acceptors (Lipinski definition) is 5. The molecule has 0 aromatic carbocycles. The maximum absolute atomic E-state index is 14.0. The minimum absolute atomic E-state index is 0.0244. The fraction of sp³-hybridized carbons (Fsp3) is 0.333. The quantitative estimate of drug-likeness (QED) is 0.574. The number of halogens is 6. The second kappa shape index (κ2) is 6.49. The summed E-state index contributed by atoms with van der Waals surface area (Å²) in [5, 5.41) is 6.09. The molecular weight excluding hydrogens is 443 g/mol. The fourth-order valence-electron chi connectivity index (χ4n) is 3.12. The van der Waals surface area contributed by atoms with Gasteiger partial charge in [0.15, 0.2) is 10.8 Å². The molecule has 3 aromatic rings. The molecule has 29 heavy (non-hydrogen) atoms. The van der Waals surface area contributed by atoms with E-state index in [9.17, 15) is 26.7 Å². The first kappa shape index (κ1) is 19.8. The zero-order valence-corrected chi connectivity index (χ0v) is 15.9. The molecule has 1 aliphatic heterocycles. The molecule has 0 saturated heterocycles. The summed E-state index contributed by atoms with van der Waals surface area (Å²) in [6.07, 6.45) is -6.44. The Balaban J connectivity index is 1.77. The van der Waals surface area contributed by atoms with Crippen LogP contribution in [-0.4, -0.2) is 37.7 Å². The van der Waals surface area contributed by atoms with Gasteiger partial charge in [0.1, 0.15) is 16.1 Å². The molecular formula is C15H10ClF5N6OS. The molecule has 14 heteroatoms. The number of fused-ring (bicyclic) bond motifs is 3. The van der Waals surface area contributed by atoms with Gasteiger partial charge in [0.05, 0.1) is 17.6 Å². The lowest BCUT2D eigenvalue weighted by molar-refractivity contribution is -0.181. The van der Waals surface area contributed by atoms with E-state index in [0.29, 0.717) is 11.5 Å². The van der Waals surface area contributed by atoms with Crippen LogP contribution in [0.15, 0.2) is 18.3 Å². The van der Waals surface area contributed by atoms with Crippen LogP contribution in [0.5, 0.6) is 0 Å². The van der Waals surface area contributed by atoms with E-state index in [4.69, 9.17) is 11.6 Å². The second-order valence-electron chi connectivity index (χ2n) is 6.49. The lowest BCUT2D eigenvalue weighted by atomic mass is 9.88. The Morgan fingerprint density at radius 1 is 1.38 bits per heavy atom. The van der Waals surface area contributed by atoms with Gasteiger partial charge in [-0.2, -0.15) is 22.6 Å². The van der Waals surface area contributed by atoms with Gasteiger partial charge in [-0.25, -0.2) is 23.1 Å². The van der Waals surface area contributed by atoms with Crippen molar-refractivity contribution >= 4 is 45.5 Å². The van der Waals surface area contributed by atoms with Crippen LogP contribution in [0.2, 0.25) is 5.15 Å². The first-order valence-electron chi connectivity index (χ1n) is 7.96. The van der Waals surface area contributed by atoms with Crippen LogP contribution in [-0.2, 0) is 5.41 Å². The van der Waals surface area contributed by atoms with E-state index in [1.807, 2.05) is 0 Å². The van der Waals surface area contributed by atoms with E-state index in [1.54, 1.807) is 0 Å². The molecule has 0 radical (unpaired) electrons. The average molecular weight is 453 g/mol. The third-order valence-electron chi connectivity index (χ3n) is 4.57. The molecule has 7 nitrogen and oxygen atoms in total. The highest BCUT2D eigenvalue weighted by Crippen LogP contribution is 2.50. The fourth-order valence-corrected chi connectivity index (χ4v) is 3.93. The molecule has 0 saturated carbocycles. The third kappa shape index (κ3) is 3.08. The Hall–Kier alpha value is -2.54. The summed E-state index contributed by atoms with van der Waals surface area (Å²) in [5.74, 6) is 0. The van der Waals surface area contributed by atoms with E-state index in [1.165, 1.54) is 6.07 Å². The van der Waals surface area contributed by atoms with Gasteiger partial charge >= 0.3 is 12.2 Å². The summed E-state index contributed by atoms with van der Waals surface area (Å²) >= 11 is 6.41. The molecule has 0 bridgehead atoms. The highest BCUT2D eigenvalue weighted by atomic mass is 35.5. The SMILES string of the molecule is C[C@@]1(C(F)(F)F)CN(C(=O)Nc2cc(C(F)F)ns2)c2cnc3cc(Cl)nn3c21. The van der Waals surface area contributed by atoms with Crippen LogP contribution in [0.25, 0.3) is 5.65 Å². The zero-order chi connectivity index (χ0) is 21.1. The van der Waals surface area contributed by atoms with Crippen molar-refractivity contribution in [2.45, 2.75) is 24.9 Å². The third-order valence-corrected chi connectivity index (χ3v) is 5.48. The van der Waals surface area contributed by atoms with Gasteiger partial charge in [-0.15, -0.1) is 0 Å². The van der Waals surface area contributed by atoms with E-state index in [-0.39, 0.29) is 27.2 Å². The van der Waals surface area contributed by atoms with Crippen LogP contribution < -0.4 is 10.2 Å². The molecule has 1 N–H and O–H groups in total. The second-order valence-corrected chi connectivity index (χ2v) is 7.68. The Bertz CT molecular complexity index is 1110. The topological polar surface area (TPSA) is 75.4 Å². The summed E-state index contributed by atoms with van der Waals surface area (Å²) in [4.78, 5) is 17.5. The van der Waals surface area contributed by atoms with E-state index >= 15 is 0 Å². The smallest absolute Gasteiger partial charge is 0.298 e. The highest BCUT2D eigenvalue weighted by molar-refractivity contribution is 7.10. The van der Waals surface area contributed by atoms with Crippen molar-refractivity contribution in [3.63, 3.8) is 0 Å². The van der Waals surface area contributed by atoms with Gasteiger partial charge in [0.2, 0.25) is 0 Å². The number of alkyl halides is 5. The standard InChI is InChI=1S/C15H10ClF5N6OS/c1-14(15(19,20)21)5-26(13(28)23-10-2-6(12(17)18)25-29-10)7-4-22-9-3-8(16)24-27(9)11(7)14/h2-4,12H,5H2,1H3,(H,23,28)/t14-/m1/s1. The molecule has 4 rings (SSSR count). The Labute approximate surface area is 168 Å². The number of carbonyl (C=O) groups is 1. The number of hydrogen-bond donors (Lipinski definition) is 1. The number of amides is 2. The lowest BCUT2D eigenvalue weighted by Gasteiger charge is -2.28. The van der Waals surface area contributed by atoms with Gasteiger partial charge in [-0.3, -0.25) is 10.2 Å². The van der Waals surface area contributed by atoms with Gasteiger partial charge < -0.3 is 0 Å². The van der Waals surface area contributed by atoms with Crippen molar-refractivity contribution in [1.29, 1.82) is 0 Å². The number of urea groups is 1. The molecule has 1 atom stereocenters. The number of carbonyl (C=O) groups excluding carboxylic acids is 1. The zero-order valence-electron chi connectivity index (χ0n) is 14.3. The molecule has 4 heterocycles. The monoisotopic (exact) mass is 452 g/mol. The van der Waals surface area contributed by atoms with Gasteiger partial charge in [-0.05, 0) is 18.5 Å². The Kier molecular flexibility index (Phi) is 4.42. The van der Waals surface area contributed by atoms with Crippen molar-refractivity contribution < 1.29 is 26.7 Å². The van der Waals surface area contributed by atoms with Crippen molar-refractivity contribution in [2.75, 3.05) is 16.8 Å². The van der Waals surface area contributed by atoms with Crippen LogP contribution in [0.1, 0.15) is 24.7 Å². The molecule has 2 amide bonds. The summed E-state index contributed by atoms with van der Waals surface area (Å²) in [6.45, 7) is 0.187. The van der Waals surface area contributed by atoms with Crippen LogP contribution in [0, 0.1) is 0 Å². The van der Waals surface area contributed by atoms with Gasteiger partial charge in [-0.1, -0.05) is 11.6 Å².